The van der Waals surface area contributed by atoms with Gasteiger partial charge in [-0.05, 0) is 36.4 Å². The molecule has 0 saturated carbocycles. The van der Waals surface area contributed by atoms with Gasteiger partial charge in [0.25, 0.3) is 0 Å². The van der Waals surface area contributed by atoms with Gasteiger partial charge in [0.2, 0.25) is 0 Å². The zero-order valence-electron chi connectivity index (χ0n) is 19.0. The van der Waals surface area contributed by atoms with E-state index in [1.165, 1.54) is 0 Å². The molecule has 3 saturated heterocycles. The highest BCUT2D eigenvalue weighted by molar-refractivity contribution is 6.31. The van der Waals surface area contributed by atoms with E-state index in [2.05, 4.69) is 0 Å². The van der Waals surface area contributed by atoms with Crippen molar-refractivity contribution in [2.24, 2.45) is 0 Å². The van der Waals surface area contributed by atoms with Crippen LogP contribution in [0.2, 0.25) is 15.1 Å². The van der Waals surface area contributed by atoms with Crippen LogP contribution in [0.15, 0.2) is 72.8 Å². The van der Waals surface area contributed by atoms with Crippen molar-refractivity contribution in [1.82, 2.24) is 0 Å². The minimum Gasteiger partial charge on any atom is -0.346 e. The van der Waals surface area contributed by atoms with E-state index < -0.39 is 31.1 Å². The molecule has 188 valence electrons. The molecule has 3 unspecified atom stereocenters. The maximum Gasteiger partial charge on any atom is 0.184 e. The van der Waals surface area contributed by atoms with E-state index in [4.69, 9.17) is 63.2 Å². The molecule has 0 aliphatic carbocycles. The maximum absolute atomic E-state index is 6.48. The van der Waals surface area contributed by atoms with Gasteiger partial charge in [0, 0.05) is 31.8 Å². The SMILES string of the molecule is Clc1ccc(C2OC[C@@H]3OC(c4ccc(Cl)cc4)O[C@@H]([C@H]4COC(c5ccc(Cl)cc5)O4)[C@H]3O2)cc1. The second kappa shape index (κ2) is 10.6. The number of halogens is 3. The van der Waals surface area contributed by atoms with Crippen molar-refractivity contribution in [3.63, 3.8) is 0 Å². The first kappa shape index (κ1) is 24.6. The van der Waals surface area contributed by atoms with E-state index in [1.54, 1.807) is 12.1 Å². The van der Waals surface area contributed by atoms with Gasteiger partial charge in [0.1, 0.15) is 24.4 Å². The predicted octanol–water partition coefficient (Wildman–Crippen LogP) is 6.66. The summed E-state index contributed by atoms with van der Waals surface area (Å²) in [5.74, 6) is 0. The van der Waals surface area contributed by atoms with E-state index in [9.17, 15) is 0 Å². The normalized spacial score (nSPS) is 32.2. The summed E-state index contributed by atoms with van der Waals surface area (Å²) in [6.07, 6.45) is -3.42. The Bertz CT molecular complexity index is 1170. The van der Waals surface area contributed by atoms with Gasteiger partial charge in [-0.15, -0.1) is 0 Å². The molecular formula is C27H23Cl3O6. The lowest BCUT2D eigenvalue weighted by Gasteiger charge is -2.47. The molecule has 3 fully saturated rings. The highest BCUT2D eigenvalue weighted by Gasteiger charge is 2.50. The van der Waals surface area contributed by atoms with Crippen molar-refractivity contribution >= 4 is 34.8 Å². The number of hydrogen-bond donors (Lipinski definition) is 0. The van der Waals surface area contributed by atoms with Crippen molar-refractivity contribution < 1.29 is 28.4 Å². The molecule has 7 atom stereocenters. The van der Waals surface area contributed by atoms with Crippen LogP contribution in [0.3, 0.4) is 0 Å². The molecule has 0 N–H and O–H groups in total. The van der Waals surface area contributed by atoms with Crippen LogP contribution in [0.5, 0.6) is 0 Å². The van der Waals surface area contributed by atoms with E-state index in [-0.39, 0.29) is 12.2 Å². The number of hydrogen-bond acceptors (Lipinski definition) is 6. The van der Waals surface area contributed by atoms with Crippen LogP contribution in [-0.4, -0.2) is 37.6 Å². The molecule has 0 bridgehead atoms. The minimum absolute atomic E-state index is 0.329. The average molecular weight is 550 g/mol. The van der Waals surface area contributed by atoms with E-state index in [0.717, 1.165) is 16.7 Å². The Hall–Kier alpha value is -1.71. The number of ether oxygens (including phenoxy) is 6. The molecular weight excluding hydrogens is 527 g/mol. The monoisotopic (exact) mass is 548 g/mol. The molecule has 3 heterocycles. The zero-order valence-corrected chi connectivity index (χ0v) is 21.2. The first-order valence-electron chi connectivity index (χ1n) is 11.6. The van der Waals surface area contributed by atoms with Crippen LogP contribution in [0, 0.1) is 0 Å². The molecule has 0 aromatic heterocycles. The molecule has 36 heavy (non-hydrogen) atoms. The van der Waals surface area contributed by atoms with Crippen LogP contribution in [0.1, 0.15) is 35.6 Å². The van der Waals surface area contributed by atoms with Crippen LogP contribution in [0.4, 0.5) is 0 Å². The second-order valence-corrected chi connectivity index (χ2v) is 10.2. The van der Waals surface area contributed by atoms with Crippen LogP contribution >= 0.6 is 34.8 Å². The van der Waals surface area contributed by atoms with Gasteiger partial charge in [-0.3, -0.25) is 0 Å². The summed E-state index contributed by atoms with van der Waals surface area (Å²) < 4.78 is 37.5. The van der Waals surface area contributed by atoms with E-state index in [0.29, 0.717) is 28.3 Å². The molecule has 6 nitrogen and oxygen atoms in total. The summed E-state index contributed by atoms with van der Waals surface area (Å²) in [6.45, 7) is 0.667. The Morgan fingerprint density at radius 2 is 0.778 bits per heavy atom. The Balaban J connectivity index is 1.25. The highest BCUT2D eigenvalue weighted by atomic mass is 35.5. The minimum atomic E-state index is -0.633. The summed E-state index contributed by atoms with van der Waals surface area (Å²) >= 11 is 18.2. The van der Waals surface area contributed by atoms with Crippen molar-refractivity contribution in [3.05, 3.63) is 105 Å². The number of rotatable bonds is 4. The number of fused-ring (bicyclic) bond motifs is 1. The lowest BCUT2D eigenvalue weighted by molar-refractivity contribution is -0.373. The summed E-state index contributed by atoms with van der Waals surface area (Å²) in [5.41, 5.74) is 2.58. The Morgan fingerprint density at radius 3 is 1.22 bits per heavy atom. The third-order valence-electron chi connectivity index (χ3n) is 6.47. The quantitative estimate of drug-likeness (QED) is 0.363. The van der Waals surface area contributed by atoms with E-state index in [1.807, 2.05) is 60.7 Å². The molecule has 9 heteroatoms. The molecule has 3 aliphatic rings. The average Bonchev–Trinajstić information content (AvgIpc) is 3.39. The molecule has 3 aromatic rings. The third kappa shape index (κ3) is 5.16. The number of benzene rings is 3. The smallest absolute Gasteiger partial charge is 0.184 e. The first-order valence-corrected chi connectivity index (χ1v) is 12.8. The second-order valence-electron chi connectivity index (χ2n) is 8.87. The Labute approximate surface area is 223 Å². The summed E-state index contributed by atoms with van der Waals surface area (Å²) in [5, 5.41) is 1.93. The van der Waals surface area contributed by atoms with Crippen molar-refractivity contribution in [3.8, 4) is 0 Å². The van der Waals surface area contributed by atoms with Gasteiger partial charge in [0.05, 0.1) is 13.2 Å². The summed E-state index contributed by atoms with van der Waals surface area (Å²) in [6, 6.07) is 22.2. The maximum atomic E-state index is 6.48. The summed E-state index contributed by atoms with van der Waals surface area (Å²) in [4.78, 5) is 0. The van der Waals surface area contributed by atoms with E-state index >= 15 is 0 Å². The molecule has 0 amide bonds. The van der Waals surface area contributed by atoms with Gasteiger partial charge in [-0.2, -0.15) is 0 Å². The standard InChI is InChI=1S/C27H23Cl3O6/c28-18-7-1-15(2-8-18)25-31-13-21(33-25)24-23-22(34-27(36-24)17-5-11-20(30)12-6-17)14-32-26(35-23)16-3-9-19(29)10-4-16/h1-12,21-27H,13-14H2/t21-,22+,23+,24+,25?,26?,27?/m1/s1. The van der Waals surface area contributed by atoms with Gasteiger partial charge in [-0.1, -0.05) is 71.2 Å². The fraction of sp³-hybridized carbons (Fsp3) is 0.333. The predicted molar refractivity (Wildman–Crippen MR) is 134 cm³/mol. The molecule has 0 radical (unpaired) electrons. The van der Waals surface area contributed by atoms with Crippen molar-refractivity contribution in [1.29, 1.82) is 0 Å². The Kier molecular flexibility index (Phi) is 7.23. The van der Waals surface area contributed by atoms with Gasteiger partial charge in [0.15, 0.2) is 18.9 Å². The molecule has 0 spiro atoms. The summed E-state index contributed by atoms with van der Waals surface area (Å²) in [7, 11) is 0. The Morgan fingerprint density at radius 1 is 0.444 bits per heavy atom. The van der Waals surface area contributed by atoms with Gasteiger partial charge < -0.3 is 28.4 Å². The van der Waals surface area contributed by atoms with Gasteiger partial charge in [-0.25, -0.2) is 0 Å². The first-order chi connectivity index (χ1) is 17.5. The van der Waals surface area contributed by atoms with Gasteiger partial charge >= 0.3 is 0 Å². The lowest BCUT2D eigenvalue weighted by Crippen LogP contribution is -2.58. The molecule has 3 aromatic carbocycles. The van der Waals surface area contributed by atoms with Crippen LogP contribution in [0.25, 0.3) is 0 Å². The topological polar surface area (TPSA) is 55.4 Å². The molecule has 3 aliphatic heterocycles. The fourth-order valence-corrected chi connectivity index (χ4v) is 5.00. The lowest BCUT2D eigenvalue weighted by atomic mass is 9.99. The van der Waals surface area contributed by atoms with Crippen LogP contribution in [-0.2, 0) is 28.4 Å². The van der Waals surface area contributed by atoms with Crippen LogP contribution < -0.4 is 0 Å². The largest absolute Gasteiger partial charge is 0.346 e. The van der Waals surface area contributed by atoms with Crippen molar-refractivity contribution in [2.75, 3.05) is 13.2 Å². The highest BCUT2D eigenvalue weighted by Crippen LogP contribution is 2.42. The van der Waals surface area contributed by atoms with Crippen molar-refractivity contribution in [2.45, 2.75) is 43.3 Å². The third-order valence-corrected chi connectivity index (χ3v) is 7.22. The zero-order chi connectivity index (χ0) is 24.6. The molecule has 6 rings (SSSR count). The fourth-order valence-electron chi connectivity index (χ4n) is 4.62.